The van der Waals surface area contributed by atoms with E-state index in [1.807, 2.05) is 11.8 Å². The van der Waals surface area contributed by atoms with E-state index in [2.05, 4.69) is 0 Å². The van der Waals surface area contributed by atoms with Crippen molar-refractivity contribution in [3.63, 3.8) is 0 Å². The maximum atomic E-state index is 12.5. The summed E-state index contributed by atoms with van der Waals surface area (Å²) in [5, 5.41) is 9.23. The number of piperidine rings is 1. The Labute approximate surface area is 121 Å². The van der Waals surface area contributed by atoms with Crippen molar-refractivity contribution in [1.82, 2.24) is 4.90 Å². The third kappa shape index (κ3) is 3.74. The fourth-order valence-corrected chi connectivity index (χ4v) is 3.76. The molecule has 114 valence electrons. The molecule has 1 saturated carbocycles. The third-order valence-corrected chi connectivity index (χ3v) is 5.06. The van der Waals surface area contributed by atoms with Gasteiger partial charge in [-0.25, -0.2) is 0 Å². The smallest absolute Gasteiger partial charge is 0.308 e. The summed E-state index contributed by atoms with van der Waals surface area (Å²) < 4.78 is 0. The van der Waals surface area contributed by atoms with E-state index >= 15 is 0 Å². The molecule has 4 nitrogen and oxygen atoms in total. The molecule has 1 aliphatic heterocycles. The Bertz CT molecular complexity index is 348. The number of amides is 1. The highest BCUT2D eigenvalue weighted by molar-refractivity contribution is 5.79. The van der Waals surface area contributed by atoms with Crippen molar-refractivity contribution in [1.29, 1.82) is 0 Å². The molecule has 1 saturated heterocycles. The Morgan fingerprint density at radius 1 is 1.05 bits per heavy atom. The van der Waals surface area contributed by atoms with E-state index in [1.165, 1.54) is 25.7 Å². The molecular formula is C16H27NO3. The zero-order valence-electron chi connectivity index (χ0n) is 12.5. The van der Waals surface area contributed by atoms with Gasteiger partial charge < -0.3 is 10.0 Å². The van der Waals surface area contributed by atoms with Gasteiger partial charge >= 0.3 is 5.97 Å². The predicted octanol–water partition coefficient (Wildman–Crippen LogP) is 3.06. The first kappa shape index (κ1) is 15.3. The quantitative estimate of drug-likeness (QED) is 0.809. The number of carboxylic acid groups (broad SMARTS) is 1. The van der Waals surface area contributed by atoms with Crippen LogP contribution in [0.4, 0.5) is 0 Å². The highest BCUT2D eigenvalue weighted by Crippen LogP contribution is 2.29. The topological polar surface area (TPSA) is 57.6 Å². The molecule has 0 aromatic carbocycles. The minimum absolute atomic E-state index is 0.153. The van der Waals surface area contributed by atoms with Crippen LogP contribution in [0.3, 0.4) is 0 Å². The highest BCUT2D eigenvalue weighted by Gasteiger charge is 2.35. The van der Waals surface area contributed by atoms with Gasteiger partial charge in [-0.05, 0) is 38.5 Å². The van der Waals surface area contributed by atoms with E-state index in [0.717, 1.165) is 25.8 Å². The second-order valence-corrected chi connectivity index (χ2v) is 6.48. The van der Waals surface area contributed by atoms with Gasteiger partial charge in [-0.15, -0.1) is 0 Å². The van der Waals surface area contributed by atoms with Gasteiger partial charge in [0.25, 0.3) is 0 Å². The van der Waals surface area contributed by atoms with Crippen LogP contribution in [0.2, 0.25) is 0 Å². The summed E-state index contributed by atoms with van der Waals surface area (Å²) in [5.41, 5.74) is 0. The van der Waals surface area contributed by atoms with Crippen LogP contribution in [0.1, 0.15) is 64.7 Å². The Kier molecular flexibility index (Phi) is 5.44. The van der Waals surface area contributed by atoms with Crippen LogP contribution in [0.5, 0.6) is 0 Å². The van der Waals surface area contributed by atoms with Crippen molar-refractivity contribution in [2.24, 2.45) is 11.8 Å². The van der Waals surface area contributed by atoms with E-state index in [-0.39, 0.29) is 17.9 Å². The Morgan fingerprint density at radius 3 is 2.30 bits per heavy atom. The maximum absolute atomic E-state index is 12.5. The minimum atomic E-state index is -0.760. The molecule has 2 fully saturated rings. The van der Waals surface area contributed by atoms with Crippen molar-refractivity contribution in [2.45, 2.75) is 70.8 Å². The molecule has 2 rings (SSSR count). The van der Waals surface area contributed by atoms with Gasteiger partial charge in [0.05, 0.1) is 5.92 Å². The second-order valence-electron chi connectivity index (χ2n) is 6.48. The Morgan fingerprint density at radius 2 is 1.70 bits per heavy atom. The molecule has 1 aliphatic carbocycles. The van der Waals surface area contributed by atoms with Gasteiger partial charge in [-0.2, -0.15) is 0 Å². The van der Waals surface area contributed by atoms with Crippen molar-refractivity contribution >= 4 is 11.9 Å². The molecule has 2 atom stereocenters. The van der Waals surface area contributed by atoms with Gasteiger partial charge in [-0.1, -0.05) is 25.7 Å². The normalized spacial score (nSPS) is 28.9. The Balaban J connectivity index is 1.91. The van der Waals surface area contributed by atoms with Gasteiger partial charge in [0, 0.05) is 19.0 Å². The second kappa shape index (κ2) is 7.09. The summed E-state index contributed by atoms with van der Waals surface area (Å²) >= 11 is 0. The molecule has 1 heterocycles. The van der Waals surface area contributed by atoms with E-state index < -0.39 is 5.97 Å². The lowest BCUT2D eigenvalue weighted by molar-refractivity contribution is -0.149. The summed E-state index contributed by atoms with van der Waals surface area (Å²) in [6, 6.07) is -0.153. The number of carbonyl (C=O) groups excluding carboxylic acids is 1. The van der Waals surface area contributed by atoms with Crippen LogP contribution >= 0.6 is 0 Å². The molecule has 20 heavy (non-hydrogen) atoms. The van der Waals surface area contributed by atoms with Crippen molar-refractivity contribution in [3.05, 3.63) is 0 Å². The minimum Gasteiger partial charge on any atom is -0.481 e. The van der Waals surface area contributed by atoms with Gasteiger partial charge in [-0.3, -0.25) is 9.59 Å². The van der Waals surface area contributed by atoms with Crippen molar-refractivity contribution in [3.8, 4) is 0 Å². The summed E-state index contributed by atoms with van der Waals surface area (Å²) in [6.45, 7) is 2.62. The molecule has 0 aromatic heterocycles. The Hall–Kier alpha value is -1.06. The molecular weight excluding hydrogens is 254 g/mol. The van der Waals surface area contributed by atoms with Crippen LogP contribution in [0.15, 0.2) is 0 Å². The average Bonchev–Trinajstić information content (AvgIpc) is 2.67. The first-order chi connectivity index (χ1) is 9.59. The zero-order chi connectivity index (χ0) is 14.5. The van der Waals surface area contributed by atoms with E-state index in [4.69, 9.17) is 0 Å². The van der Waals surface area contributed by atoms with Gasteiger partial charge in [0.2, 0.25) is 5.91 Å². The molecule has 2 aliphatic rings. The lowest BCUT2D eigenvalue weighted by Crippen LogP contribution is -2.49. The zero-order valence-corrected chi connectivity index (χ0v) is 12.5. The van der Waals surface area contributed by atoms with E-state index in [9.17, 15) is 14.7 Å². The number of hydrogen-bond donors (Lipinski definition) is 1. The molecule has 0 radical (unpaired) electrons. The monoisotopic (exact) mass is 281 g/mol. The molecule has 0 unspecified atom stereocenters. The molecule has 0 spiro atoms. The number of likely N-dealkylation sites (tertiary alicyclic amines) is 1. The lowest BCUT2D eigenvalue weighted by Gasteiger charge is -2.38. The molecule has 1 amide bonds. The number of rotatable bonds is 3. The molecule has 4 heteroatoms. The average molecular weight is 281 g/mol. The van der Waals surface area contributed by atoms with Crippen LogP contribution < -0.4 is 0 Å². The highest BCUT2D eigenvalue weighted by atomic mass is 16.4. The van der Waals surface area contributed by atoms with Crippen LogP contribution in [0.25, 0.3) is 0 Å². The standard InChI is InChI=1S/C16H27NO3/c1-12-14(16(19)20)9-6-10-17(12)15(18)11-13-7-4-2-3-5-8-13/h12-14H,2-11H2,1H3,(H,19,20)/t12-,14-/m1/s1. The number of carboxylic acids is 1. The van der Waals surface area contributed by atoms with Crippen molar-refractivity contribution in [2.75, 3.05) is 6.54 Å². The van der Waals surface area contributed by atoms with Gasteiger partial charge in [0.1, 0.15) is 0 Å². The fourth-order valence-electron chi connectivity index (χ4n) is 3.76. The number of carbonyl (C=O) groups is 2. The summed E-state index contributed by atoms with van der Waals surface area (Å²) in [4.78, 5) is 25.5. The SMILES string of the molecule is C[C@@H]1[C@H](C(=O)O)CCCN1C(=O)CC1CCCCCC1. The molecule has 0 aromatic rings. The maximum Gasteiger partial charge on any atom is 0.308 e. The predicted molar refractivity (Wildman–Crippen MR) is 77.3 cm³/mol. The lowest BCUT2D eigenvalue weighted by atomic mass is 9.89. The third-order valence-electron chi connectivity index (χ3n) is 5.06. The summed E-state index contributed by atoms with van der Waals surface area (Å²) in [6.07, 6.45) is 9.54. The number of hydrogen-bond acceptors (Lipinski definition) is 2. The van der Waals surface area contributed by atoms with E-state index in [0.29, 0.717) is 18.8 Å². The largest absolute Gasteiger partial charge is 0.481 e. The number of nitrogens with zero attached hydrogens (tertiary/aromatic N) is 1. The van der Waals surface area contributed by atoms with Gasteiger partial charge in [0.15, 0.2) is 0 Å². The fraction of sp³-hybridized carbons (Fsp3) is 0.875. The molecule has 1 N–H and O–H groups in total. The molecule has 0 bridgehead atoms. The summed E-state index contributed by atoms with van der Waals surface area (Å²) in [7, 11) is 0. The van der Waals surface area contributed by atoms with Crippen molar-refractivity contribution < 1.29 is 14.7 Å². The van der Waals surface area contributed by atoms with E-state index in [1.54, 1.807) is 0 Å². The first-order valence-corrected chi connectivity index (χ1v) is 8.12. The van der Waals surface area contributed by atoms with Crippen LogP contribution in [0, 0.1) is 11.8 Å². The first-order valence-electron chi connectivity index (χ1n) is 8.12. The summed E-state index contributed by atoms with van der Waals surface area (Å²) in [5.74, 6) is -0.455. The van der Waals surface area contributed by atoms with Crippen LogP contribution in [-0.4, -0.2) is 34.5 Å². The number of aliphatic carboxylic acids is 1. The van der Waals surface area contributed by atoms with Crippen LogP contribution in [-0.2, 0) is 9.59 Å².